The predicted molar refractivity (Wildman–Crippen MR) is 120 cm³/mol. The number of hydrogen-bond acceptors (Lipinski definition) is 4. The Morgan fingerprint density at radius 1 is 0.900 bits per heavy atom. The van der Waals surface area contributed by atoms with Crippen LogP contribution in [0.3, 0.4) is 0 Å². The monoisotopic (exact) mass is 401 g/mol. The first-order valence-corrected chi connectivity index (χ1v) is 9.80. The van der Waals surface area contributed by atoms with Gasteiger partial charge in [0.1, 0.15) is 16.9 Å². The maximum Gasteiger partial charge on any atom is 0.262 e. The van der Waals surface area contributed by atoms with Crippen LogP contribution in [-0.4, -0.2) is 12.5 Å². The van der Waals surface area contributed by atoms with Gasteiger partial charge in [-0.2, -0.15) is 0 Å². The summed E-state index contributed by atoms with van der Waals surface area (Å²) in [4.78, 5) is 25.2. The Morgan fingerprint density at radius 3 is 2.40 bits per heavy atom. The molecule has 1 N–H and O–H groups in total. The van der Waals surface area contributed by atoms with Gasteiger partial charge in [0.2, 0.25) is 5.43 Å². The number of ether oxygens (including phenoxy) is 1. The van der Waals surface area contributed by atoms with Crippen LogP contribution in [0.4, 0.5) is 5.69 Å². The fourth-order valence-corrected chi connectivity index (χ4v) is 3.38. The molecule has 0 bridgehead atoms. The van der Waals surface area contributed by atoms with E-state index in [0.29, 0.717) is 33.4 Å². The van der Waals surface area contributed by atoms with Gasteiger partial charge in [0.25, 0.3) is 5.91 Å². The number of rotatable bonds is 4. The first-order chi connectivity index (χ1) is 14.3. The van der Waals surface area contributed by atoms with Crippen LogP contribution in [-0.2, 0) is 4.79 Å². The number of carbonyl (C=O) groups excluding carboxylic acids is 1. The lowest BCUT2D eigenvalue weighted by Crippen LogP contribution is -2.20. The topological polar surface area (TPSA) is 68.5 Å². The van der Waals surface area contributed by atoms with E-state index in [2.05, 4.69) is 5.32 Å². The molecule has 4 aromatic rings. The summed E-state index contributed by atoms with van der Waals surface area (Å²) in [5, 5.41) is 3.84. The molecule has 0 aliphatic heterocycles. The van der Waals surface area contributed by atoms with E-state index < -0.39 is 0 Å². The highest BCUT2D eigenvalue weighted by molar-refractivity contribution is 5.96. The van der Waals surface area contributed by atoms with E-state index in [9.17, 15) is 9.59 Å². The van der Waals surface area contributed by atoms with Crippen LogP contribution < -0.4 is 15.5 Å². The first-order valence-electron chi connectivity index (χ1n) is 9.80. The van der Waals surface area contributed by atoms with Crippen molar-refractivity contribution in [2.45, 2.75) is 27.7 Å². The minimum absolute atomic E-state index is 0.0784. The molecule has 0 unspecified atom stereocenters. The molecule has 0 aliphatic rings. The van der Waals surface area contributed by atoms with E-state index in [1.165, 1.54) is 5.56 Å². The normalized spacial score (nSPS) is 11.1. The molecule has 30 heavy (non-hydrogen) atoms. The van der Waals surface area contributed by atoms with Crippen molar-refractivity contribution in [1.29, 1.82) is 0 Å². The van der Waals surface area contributed by atoms with E-state index in [-0.39, 0.29) is 17.9 Å². The fourth-order valence-electron chi connectivity index (χ4n) is 3.38. The van der Waals surface area contributed by atoms with Crippen molar-refractivity contribution in [3.8, 4) is 5.75 Å². The van der Waals surface area contributed by atoms with E-state index in [4.69, 9.17) is 9.15 Å². The van der Waals surface area contributed by atoms with Crippen LogP contribution in [0.25, 0.3) is 21.9 Å². The summed E-state index contributed by atoms with van der Waals surface area (Å²) >= 11 is 0. The van der Waals surface area contributed by atoms with Gasteiger partial charge in [-0.1, -0.05) is 12.1 Å². The first kappa shape index (κ1) is 19.7. The summed E-state index contributed by atoms with van der Waals surface area (Å²) in [7, 11) is 0. The number of carbonyl (C=O) groups is 1. The lowest BCUT2D eigenvalue weighted by molar-refractivity contribution is -0.118. The SMILES string of the molecule is Cc1ccc(OCC(=O)Nc2ccc3c(=O)c4ccc(C)c(C)c4oc3c2)cc1C. The highest BCUT2D eigenvalue weighted by atomic mass is 16.5. The van der Waals surface area contributed by atoms with E-state index in [0.717, 1.165) is 16.7 Å². The lowest BCUT2D eigenvalue weighted by Gasteiger charge is -2.10. The van der Waals surface area contributed by atoms with E-state index >= 15 is 0 Å². The minimum Gasteiger partial charge on any atom is -0.484 e. The van der Waals surface area contributed by atoms with E-state index in [1.54, 1.807) is 24.3 Å². The molecule has 0 fully saturated rings. The molecule has 0 saturated heterocycles. The smallest absolute Gasteiger partial charge is 0.262 e. The van der Waals surface area contributed by atoms with Crippen molar-refractivity contribution >= 4 is 33.5 Å². The molecule has 1 aromatic heterocycles. The number of anilines is 1. The van der Waals surface area contributed by atoms with Crippen molar-refractivity contribution in [1.82, 2.24) is 0 Å². The quantitative estimate of drug-likeness (QED) is 0.478. The van der Waals surface area contributed by atoms with Gasteiger partial charge in [0, 0.05) is 11.8 Å². The summed E-state index contributed by atoms with van der Waals surface area (Å²) in [6.45, 7) is 7.82. The molecule has 5 nitrogen and oxygen atoms in total. The summed E-state index contributed by atoms with van der Waals surface area (Å²) < 4.78 is 11.6. The van der Waals surface area contributed by atoms with Crippen molar-refractivity contribution in [2.24, 2.45) is 0 Å². The zero-order valence-corrected chi connectivity index (χ0v) is 17.5. The molecular formula is C25H23NO4. The highest BCUT2D eigenvalue weighted by Gasteiger charge is 2.12. The van der Waals surface area contributed by atoms with Gasteiger partial charge < -0.3 is 14.5 Å². The van der Waals surface area contributed by atoms with Crippen LogP contribution in [0.5, 0.6) is 5.75 Å². The van der Waals surface area contributed by atoms with Crippen LogP contribution in [0.15, 0.2) is 57.7 Å². The third-order valence-corrected chi connectivity index (χ3v) is 5.49. The molecule has 5 heteroatoms. The molecule has 1 amide bonds. The molecule has 0 radical (unpaired) electrons. The van der Waals surface area contributed by atoms with Crippen LogP contribution >= 0.6 is 0 Å². The fraction of sp³-hybridized carbons (Fsp3) is 0.200. The molecule has 1 heterocycles. The average Bonchev–Trinajstić information content (AvgIpc) is 2.72. The number of aryl methyl sites for hydroxylation is 4. The maximum atomic E-state index is 12.8. The number of fused-ring (bicyclic) bond motifs is 2. The molecule has 3 aromatic carbocycles. The minimum atomic E-state index is -0.289. The molecule has 152 valence electrons. The molecule has 4 rings (SSSR count). The third-order valence-electron chi connectivity index (χ3n) is 5.49. The lowest BCUT2D eigenvalue weighted by atomic mass is 10.0. The number of nitrogens with one attached hydrogen (secondary N) is 1. The molecule has 0 spiro atoms. The highest BCUT2D eigenvalue weighted by Crippen LogP contribution is 2.25. The third kappa shape index (κ3) is 3.66. The van der Waals surface area contributed by atoms with Crippen molar-refractivity contribution in [2.75, 3.05) is 11.9 Å². The van der Waals surface area contributed by atoms with Crippen molar-refractivity contribution in [3.05, 3.63) is 81.0 Å². The Balaban J connectivity index is 1.57. The van der Waals surface area contributed by atoms with Gasteiger partial charge in [0.15, 0.2) is 6.61 Å². The second-order valence-corrected chi connectivity index (χ2v) is 7.61. The maximum absolute atomic E-state index is 12.8. The van der Waals surface area contributed by atoms with E-state index in [1.807, 2.05) is 52.0 Å². The van der Waals surface area contributed by atoms with Crippen molar-refractivity contribution < 1.29 is 13.9 Å². The Bertz CT molecular complexity index is 1350. The van der Waals surface area contributed by atoms with Gasteiger partial charge in [0.05, 0.1) is 10.8 Å². The van der Waals surface area contributed by atoms with Gasteiger partial charge >= 0.3 is 0 Å². The predicted octanol–water partition coefficient (Wildman–Crippen LogP) is 5.20. The largest absolute Gasteiger partial charge is 0.484 e. The van der Waals surface area contributed by atoms with Gasteiger partial charge in [-0.15, -0.1) is 0 Å². The van der Waals surface area contributed by atoms with Crippen LogP contribution in [0.1, 0.15) is 22.3 Å². The number of hydrogen-bond donors (Lipinski definition) is 1. The van der Waals surface area contributed by atoms with Crippen LogP contribution in [0, 0.1) is 27.7 Å². The summed E-state index contributed by atoms with van der Waals surface area (Å²) in [6.07, 6.45) is 0. The van der Waals surface area contributed by atoms with Gasteiger partial charge in [-0.05, 0) is 80.3 Å². The Morgan fingerprint density at radius 2 is 1.63 bits per heavy atom. The second-order valence-electron chi connectivity index (χ2n) is 7.61. The standard InChI is InChI=1S/C25H23NO4/c1-14-5-8-19(11-16(14)3)29-13-23(27)26-18-7-10-20-22(12-18)30-25-17(4)15(2)6-9-21(25)24(20)28/h5-12H,13H2,1-4H3,(H,26,27). The molecular weight excluding hydrogens is 378 g/mol. The van der Waals surface area contributed by atoms with Crippen LogP contribution in [0.2, 0.25) is 0 Å². The summed E-state index contributed by atoms with van der Waals surface area (Å²) in [5.74, 6) is 0.359. The van der Waals surface area contributed by atoms with Crippen molar-refractivity contribution in [3.63, 3.8) is 0 Å². The molecule has 0 aliphatic carbocycles. The summed E-state index contributed by atoms with van der Waals surface area (Å²) in [6, 6.07) is 14.5. The Labute approximate surface area is 174 Å². The number of amides is 1. The zero-order valence-electron chi connectivity index (χ0n) is 17.5. The molecule has 0 atom stereocenters. The average molecular weight is 401 g/mol. The zero-order chi connectivity index (χ0) is 21.4. The second kappa shape index (κ2) is 7.67. The Kier molecular flexibility index (Phi) is 5.04. The summed E-state index contributed by atoms with van der Waals surface area (Å²) in [5.41, 5.74) is 5.75. The molecule has 0 saturated carbocycles. The Hall–Kier alpha value is -3.60. The van der Waals surface area contributed by atoms with Gasteiger partial charge in [-0.3, -0.25) is 9.59 Å². The number of benzene rings is 3. The van der Waals surface area contributed by atoms with Gasteiger partial charge in [-0.25, -0.2) is 0 Å².